The van der Waals surface area contributed by atoms with E-state index >= 15 is 0 Å². The van der Waals surface area contributed by atoms with Crippen LogP contribution in [0.3, 0.4) is 0 Å². The van der Waals surface area contributed by atoms with E-state index in [0.717, 1.165) is 11.1 Å². The van der Waals surface area contributed by atoms with E-state index in [1.807, 2.05) is 39.8 Å². The van der Waals surface area contributed by atoms with Gasteiger partial charge in [-0.15, -0.1) is 0 Å². The van der Waals surface area contributed by atoms with E-state index in [2.05, 4.69) is 11.2 Å². The molecule has 0 bridgehead atoms. The Kier molecular flexibility index (Phi) is 4.98. The Balaban J connectivity index is 2.96. The van der Waals surface area contributed by atoms with Crippen molar-refractivity contribution < 1.29 is 13.9 Å². The lowest BCUT2D eigenvalue weighted by atomic mass is 9.83. The molecule has 0 heterocycles. The summed E-state index contributed by atoms with van der Waals surface area (Å²) in [6.45, 7) is 8.13. The molecule has 0 aromatic heterocycles. The minimum atomic E-state index is -3.09. The van der Waals surface area contributed by atoms with Crippen LogP contribution in [0.2, 0.25) is 0 Å². The van der Waals surface area contributed by atoms with Gasteiger partial charge in [0.2, 0.25) is 0 Å². The molecule has 0 aliphatic rings. The van der Waals surface area contributed by atoms with Crippen LogP contribution in [0.1, 0.15) is 51.2 Å². The molecule has 3 nitrogen and oxygen atoms in total. The van der Waals surface area contributed by atoms with Crippen molar-refractivity contribution in [3.05, 3.63) is 29.3 Å². The zero-order valence-corrected chi connectivity index (χ0v) is 13.5. The second-order valence-corrected chi connectivity index (χ2v) is 9.14. The number of hydrogen-bond donors (Lipinski definition) is 2. The van der Waals surface area contributed by atoms with Gasteiger partial charge in [0.05, 0.1) is 5.75 Å². The average molecular weight is 302 g/mol. The summed E-state index contributed by atoms with van der Waals surface area (Å²) in [6, 6.07) is 5.52. The summed E-state index contributed by atoms with van der Waals surface area (Å²) in [6.07, 6.45) is 0.563. The van der Waals surface area contributed by atoms with Gasteiger partial charge in [-0.1, -0.05) is 39.8 Å². The van der Waals surface area contributed by atoms with Crippen LogP contribution in [0.25, 0.3) is 0 Å². The van der Waals surface area contributed by atoms with Gasteiger partial charge in [-0.05, 0) is 34.9 Å². The number of aromatic hydroxyl groups is 1. The molecule has 1 aromatic rings. The monoisotopic (exact) mass is 302 g/mol. The van der Waals surface area contributed by atoms with E-state index in [4.69, 9.17) is 4.55 Å². The predicted molar refractivity (Wildman–Crippen MR) is 82.8 cm³/mol. The topological polar surface area (TPSA) is 57.5 Å². The zero-order valence-electron chi connectivity index (χ0n) is 11.8. The minimum Gasteiger partial charge on any atom is -0.508 e. The lowest BCUT2D eigenvalue weighted by Crippen LogP contribution is -2.13. The Labute approximate surface area is 120 Å². The fraction of sp³-hybridized carbons (Fsp3) is 0.571. The van der Waals surface area contributed by atoms with Crippen molar-refractivity contribution >= 4 is 20.0 Å². The summed E-state index contributed by atoms with van der Waals surface area (Å²) < 4.78 is 20.3. The van der Waals surface area contributed by atoms with Gasteiger partial charge in [0.15, 0.2) is 0 Å². The molecular weight excluding hydrogens is 280 g/mol. The molecule has 0 fully saturated rings. The molecule has 0 radical (unpaired) electrons. The van der Waals surface area contributed by atoms with Gasteiger partial charge in [-0.25, -0.2) is 4.21 Å². The number of phenolic OH excluding ortho intramolecular Hbond substituents is 1. The number of phenols is 1. The van der Waals surface area contributed by atoms with Crippen molar-refractivity contribution in [1.82, 2.24) is 0 Å². The van der Waals surface area contributed by atoms with Crippen LogP contribution in [0.5, 0.6) is 5.75 Å². The molecule has 2 unspecified atom stereocenters. The summed E-state index contributed by atoms with van der Waals surface area (Å²) in [5.74, 6) is 0.546. The van der Waals surface area contributed by atoms with E-state index in [1.165, 1.54) is 0 Å². The van der Waals surface area contributed by atoms with Crippen LogP contribution in [0.15, 0.2) is 18.2 Å². The SMILES string of the molecule is CC(CCS(=O)(O)=S)c1ccc(O)c(C(C)(C)C)c1. The van der Waals surface area contributed by atoms with Crippen LogP contribution >= 0.6 is 0 Å². The lowest BCUT2D eigenvalue weighted by Gasteiger charge is -2.22. The molecular formula is C14H22O3S2. The van der Waals surface area contributed by atoms with Crippen molar-refractivity contribution in [2.24, 2.45) is 0 Å². The van der Waals surface area contributed by atoms with Crippen molar-refractivity contribution in [3.8, 4) is 5.75 Å². The summed E-state index contributed by atoms with van der Waals surface area (Å²) in [7, 11) is -3.09. The molecule has 2 N–H and O–H groups in total. The van der Waals surface area contributed by atoms with Crippen molar-refractivity contribution in [2.45, 2.75) is 45.4 Å². The smallest absolute Gasteiger partial charge is 0.141 e. The highest BCUT2D eigenvalue weighted by atomic mass is 32.8. The molecule has 108 valence electrons. The van der Waals surface area contributed by atoms with E-state index in [-0.39, 0.29) is 22.8 Å². The summed E-state index contributed by atoms with van der Waals surface area (Å²) in [5.41, 5.74) is 1.81. The van der Waals surface area contributed by atoms with Crippen LogP contribution in [0, 0.1) is 0 Å². The highest BCUT2D eigenvalue weighted by Crippen LogP contribution is 2.33. The third kappa shape index (κ3) is 5.09. The van der Waals surface area contributed by atoms with E-state index < -0.39 is 8.77 Å². The Morgan fingerprint density at radius 3 is 2.42 bits per heavy atom. The molecule has 2 atom stereocenters. The van der Waals surface area contributed by atoms with E-state index in [1.54, 1.807) is 6.07 Å². The molecule has 0 aliphatic heterocycles. The Hall–Kier alpha value is -0.650. The summed E-state index contributed by atoms with van der Waals surface area (Å²) in [4.78, 5) is 0. The Bertz CT molecular complexity index is 542. The maximum atomic E-state index is 11.1. The molecule has 19 heavy (non-hydrogen) atoms. The molecule has 0 spiro atoms. The maximum Gasteiger partial charge on any atom is 0.141 e. The van der Waals surface area contributed by atoms with Gasteiger partial charge < -0.3 is 9.66 Å². The average Bonchev–Trinajstić information content (AvgIpc) is 2.24. The number of rotatable bonds is 4. The van der Waals surface area contributed by atoms with Gasteiger partial charge >= 0.3 is 0 Å². The molecule has 1 rings (SSSR count). The highest BCUT2D eigenvalue weighted by molar-refractivity contribution is 8.29. The van der Waals surface area contributed by atoms with Crippen molar-refractivity contribution in [2.75, 3.05) is 5.75 Å². The fourth-order valence-corrected chi connectivity index (χ4v) is 2.89. The quantitative estimate of drug-likeness (QED) is 0.895. The van der Waals surface area contributed by atoms with Gasteiger partial charge in [-0.2, -0.15) is 0 Å². The number of benzene rings is 1. The standard InChI is InChI=1S/C14H22O3S2/c1-10(7-8-19(16,17)18)11-5-6-13(15)12(9-11)14(2,3)4/h5-6,9-10,15H,7-8H2,1-4H3,(H,16,17,18). The minimum absolute atomic E-state index is 0.120. The molecule has 0 amide bonds. The Morgan fingerprint density at radius 1 is 1.37 bits per heavy atom. The molecule has 0 saturated heterocycles. The number of hydrogen-bond acceptors (Lipinski definition) is 3. The van der Waals surface area contributed by atoms with Gasteiger partial charge in [0.25, 0.3) is 0 Å². The molecule has 1 aromatic carbocycles. The van der Waals surface area contributed by atoms with Crippen LogP contribution in [-0.2, 0) is 25.4 Å². The van der Waals surface area contributed by atoms with E-state index in [9.17, 15) is 9.32 Å². The maximum absolute atomic E-state index is 11.1. The normalized spacial score (nSPS) is 16.9. The first-order valence-electron chi connectivity index (χ1n) is 6.29. The zero-order chi connectivity index (χ0) is 14.8. The fourth-order valence-electron chi connectivity index (χ4n) is 1.95. The highest BCUT2D eigenvalue weighted by Gasteiger charge is 2.19. The van der Waals surface area contributed by atoms with Crippen LogP contribution in [0.4, 0.5) is 0 Å². The second kappa shape index (κ2) is 5.77. The Morgan fingerprint density at radius 2 is 1.95 bits per heavy atom. The second-order valence-electron chi connectivity index (χ2n) is 6.00. The first-order valence-corrected chi connectivity index (χ1v) is 8.90. The van der Waals surface area contributed by atoms with Crippen LogP contribution < -0.4 is 0 Å². The van der Waals surface area contributed by atoms with Gasteiger partial charge in [0, 0.05) is 11.2 Å². The van der Waals surface area contributed by atoms with Crippen LogP contribution in [-0.4, -0.2) is 19.6 Å². The molecule has 0 aliphatic carbocycles. The lowest BCUT2D eigenvalue weighted by molar-refractivity contribution is 0.446. The largest absolute Gasteiger partial charge is 0.508 e. The first-order chi connectivity index (χ1) is 8.50. The predicted octanol–water partition coefficient (Wildman–Crippen LogP) is 3.40. The molecule has 0 saturated carbocycles. The molecule has 5 heteroatoms. The van der Waals surface area contributed by atoms with Gasteiger partial charge in [0.1, 0.15) is 14.5 Å². The third-order valence-corrected chi connectivity index (χ3v) is 4.46. The first kappa shape index (κ1) is 16.4. The van der Waals surface area contributed by atoms with E-state index in [0.29, 0.717) is 6.42 Å². The van der Waals surface area contributed by atoms with Gasteiger partial charge in [-0.3, -0.25) is 0 Å². The van der Waals surface area contributed by atoms with Crippen molar-refractivity contribution in [1.29, 1.82) is 0 Å². The third-order valence-electron chi connectivity index (χ3n) is 3.21. The summed E-state index contributed by atoms with van der Waals surface area (Å²) in [5, 5.41) is 9.91. The van der Waals surface area contributed by atoms with Crippen molar-refractivity contribution in [3.63, 3.8) is 0 Å². The summed E-state index contributed by atoms with van der Waals surface area (Å²) >= 11 is 4.50.